The van der Waals surface area contributed by atoms with Gasteiger partial charge in [0.05, 0.1) is 0 Å². The average molecular weight is 173 g/mol. The molecule has 2 amide bonds. The first kappa shape index (κ1) is 9.28. The van der Waals surface area contributed by atoms with Crippen molar-refractivity contribution < 1.29 is 9.53 Å². The number of hydrogen-bond donors (Lipinski definition) is 3. The van der Waals surface area contributed by atoms with E-state index in [2.05, 4.69) is 5.32 Å². The van der Waals surface area contributed by atoms with Gasteiger partial charge >= 0.3 is 6.03 Å². The van der Waals surface area contributed by atoms with Gasteiger partial charge in [-0.2, -0.15) is 0 Å². The van der Waals surface area contributed by atoms with Crippen molar-refractivity contribution in [1.29, 1.82) is 0 Å². The Bertz CT molecular complexity index is 166. The van der Waals surface area contributed by atoms with Crippen molar-refractivity contribution in [3.63, 3.8) is 0 Å². The summed E-state index contributed by atoms with van der Waals surface area (Å²) in [6.07, 6.45) is 1.67. The number of urea groups is 1. The van der Waals surface area contributed by atoms with Crippen molar-refractivity contribution >= 4 is 6.03 Å². The van der Waals surface area contributed by atoms with Crippen LogP contribution in [-0.4, -0.2) is 24.8 Å². The van der Waals surface area contributed by atoms with E-state index < -0.39 is 0 Å². The van der Waals surface area contributed by atoms with Gasteiger partial charge in [-0.1, -0.05) is 0 Å². The Morgan fingerprint density at radius 2 is 2.08 bits per heavy atom. The number of nitrogens with two attached hydrogens (primary N) is 1. The Balaban J connectivity index is 2.41. The van der Waals surface area contributed by atoms with E-state index in [-0.39, 0.29) is 11.6 Å². The molecule has 0 bridgehead atoms. The summed E-state index contributed by atoms with van der Waals surface area (Å²) < 4.78 is 5.18. The molecule has 1 fully saturated rings. The molecule has 0 saturated carbocycles. The molecule has 0 unspecified atom stereocenters. The predicted molar refractivity (Wildman–Crippen MR) is 44.3 cm³/mol. The van der Waals surface area contributed by atoms with Crippen LogP contribution < -0.4 is 16.6 Å². The largest absolute Gasteiger partial charge is 0.381 e. The van der Waals surface area contributed by atoms with E-state index in [1.54, 1.807) is 0 Å². The highest BCUT2D eigenvalue weighted by Gasteiger charge is 2.28. The van der Waals surface area contributed by atoms with Crippen LogP contribution in [0.3, 0.4) is 0 Å². The van der Waals surface area contributed by atoms with Crippen molar-refractivity contribution in [2.75, 3.05) is 13.2 Å². The smallest absolute Gasteiger partial charge is 0.329 e. The minimum atomic E-state index is -0.334. The molecule has 5 nitrogen and oxygen atoms in total. The van der Waals surface area contributed by atoms with Gasteiger partial charge in [0.1, 0.15) is 0 Å². The fourth-order valence-electron chi connectivity index (χ4n) is 1.26. The molecule has 1 heterocycles. The van der Waals surface area contributed by atoms with E-state index in [0.29, 0.717) is 13.2 Å². The maximum Gasteiger partial charge on any atom is 0.329 e. The number of amides is 2. The van der Waals surface area contributed by atoms with Gasteiger partial charge in [0, 0.05) is 18.8 Å². The number of ether oxygens (including phenoxy) is 1. The lowest BCUT2D eigenvalue weighted by Crippen LogP contribution is -2.54. The number of carbonyl (C=O) groups excluding carboxylic acids is 1. The Morgan fingerprint density at radius 1 is 1.50 bits per heavy atom. The molecule has 0 atom stereocenters. The van der Waals surface area contributed by atoms with Gasteiger partial charge in [-0.3, -0.25) is 5.43 Å². The molecule has 4 N–H and O–H groups in total. The van der Waals surface area contributed by atoms with Crippen molar-refractivity contribution in [3.8, 4) is 0 Å². The lowest BCUT2D eigenvalue weighted by Gasteiger charge is -2.33. The fraction of sp³-hybridized carbons (Fsp3) is 0.857. The SMILES string of the molecule is CC1(NC(=O)NN)CCOCC1. The minimum absolute atomic E-state index is 0.165. The number of hydrazine groups is 1. The van der Waals surface area contributed by atoms with E-state index in [0.717, 1.165) is 12.8 Å². The zero-order valence-corrected chi connectivity index (χ0v) is 7.22. The van der Waals surface area contributed by atoms with Crippen molar-refractivity contribution in [1.82, 2.24) is 10.7 Å². The van der Waals surface area contributed by atoms with Gasteiger partial charge in [0.25, 0.3) is 0 Å². The lowest BCUT2D eigenvalue weighted by molar-refractivity contribution is 0.0492. The summed E-state index contributed by atoms with van der Waals surface area (Å²) in [4.78, 5) is 10.9. The first-order valence-electron chi connectivity index (χ1n) is 4.03. The van der Waals surface area contributed by atoms with Crippen LogP contribution >= 0.6 is 0 Å². The van der Waals surface area contributed by atoms with Crippen LogP contribution in [0.15, 0.2) is 0 Å². The predicted octanol–water partition coefficient (Wildman–Crippen LogP) is -0.272. The Morgan fingerprint density at radius 3 is 2.58 bits per heavy atom. The second-order valence-electron chi connectivity index (χ2n) is 3.27. The highest BCUT2D eigenvalue weighted by atomic mass is 16.5. The van der Waals surface area contributed by atoms with E-state index in [1.165, 1.54) is 0 Å². The van der Waals surface area contributed by atoms with Crippen LogP contribution in [0.1, 0.15) is 19.8 Å². The number of rotatable bonds is 1. The Labute approximate surface area is 71.6 Å². The quantitative estimate of drug-likeness (QED) is 0.290. The second kappa shape index (κ2) is 3.73. The molecular weight excluding hydrogens is 158 g/mol. The van der Waals surface area contributed by atoms with E-state index in [9.17, 15) is 4.79 Å². The van der Waals surface area contributed by atoms with Gasteiger partial charge in [0.2, 0.25) is 0 Å². The molecule has 0 radical (unpaired) electrons. The normalized spacial score (nSPS) is 21.5. The first-order chi connectivity index (χ1) is 5.66. The molecule has 0 aromatic heterocycles. The van der Waals surface area contributed by atoms with Gasteiger partial charge in [-0.25, -0.2) is 10.6 Å². The third kappa shape index (κ3) is 2.35. The van der Waals surface area contributed by atoms with Crippen LogP contribution in [-0.2, 0) is 4.74 Å². The molecular formula is C7H15N3O2. The zero-order valence-electron chi connectivity index (χ0n) is 7.22. The van der Waals surface area contributed by atoms with Crippen LogP contribution in [0.4, 0.5) is 4.79 Å². The molecule has 70 valence electrons. The molecule has 0 aliphatic carbocycles. The van der Waals surface area contributed by atoms with E-state index in [1.807, 2.05) is 12.3 Å². The topological polar surface area (TPSA) is 76.4 Å². The maximum atomic E-state index is 10.9. The number of nitrogens with one attached hydrogen (secondary N) is 2. The van der Waals surface area contributed by atoms with Crippen LogP contribution in [0, 0.1) is 0 Å². The molecule has 0 aromatic rings. The Kier molecular flexibility index (Phi) is 2.88. The second-order valence-corrected chi connectivity index (χ2v) is 3.27. The summed E-state index contributed by atoms with van der Waals surface area (Å²) in [5.41, 5.74) is 1.88. The molecule has 5 heteroatoms. The average Bonchev–Trinajstić information content (AvgIpc) is 2.05. The third-order valence-electron chi connectivity index (χ3n) is 2.14. The molecule has 1 rings (SSSR count). The zero-order chi connectivity index (χ0) is 9.03. The molecule has 0 spiro atoms. The standard InChI is InChI=1S/C7H15N3O2/c1-7(9-6(11)10-8)2-4-12-5-3-7/h2-5,8H2,1H3,(H2,9,10,11). The molecule has 1 saturated heterocycles. The monoisotopic (exact) mass is 173 g/mol. The molecule has 0 aromatic carbocycles. The summed E-state index contributed by atoms with van der Waals surface area (Å²) in [7, 11) is 0. The van der Waals surface area contributed by atoms with Gasteiger partial charge in [-0.05, 0) is 19.8 Å². The fourth-order valence-corrected chi connectivity index (χ4v) is 1.26. The highest BCUT2D eigenvalue weighted by molar-refractivity contribution is 5.73. The number of hydrogen-bond acceptors (Lipinski definition) is 3. The molecule has 1 aliphatic heterocycles. The highest BCUT2D eigenvalue weighted by Crippen LogP contribution is 2.19. The van der Waals surface area contributed by atoms with Crippen molar-refractivity contribution in [2.45, 2.75) is 25.3 Å². The van der Waals surface area contributed by atoms with Gasteiger partial charge in [0.15, 0.2) is 0 Å². The van der Waals surface area contributed by atoms with Gasteiger partial charge in [-0.15, -0.1) is 0 Å². The summed E-state index contributed by atoms with van der Waals surface area (Å²) in [5, 5.41) is 2.79. The van der Waals surface area contributed by atoms with Crippen molar-refractivity contribution in [2.24, 2.45) is 5.84 Å². The summed E-state index contributed by atoms with van der Waals surface area (Å²) >= 11 is 0. The summed E-state index contributed by atoms with van der Waals surface area (Å²) in [5.74, 6) is 4.95. The van der Waals surface area contributed by atoms with Crippen LogP contribution in [0.25, 0.3) is 0 Å². The van der Waals surface area contributed by atoms with E-state index in [4.69, 9.17) is 10.6 Å². The Hall–Kier alpha value is -0.810. The van der Waals surface area contributed by atoms with E-state index >= 15 is 0 Å². The van der Waals surface area contributed by atoms with Crippen molar-refractivity contribution in [3.05, 3.63) is 0 Å². The van der Waals surface area contributed by atoms with Gasteiger partial charge < -0.3 is 10.1 Å². The van der Waals surface area contributed by atoms with Crippen LogP contribution in [0.2, 0.25) is 0 Å². The minimum Gasteiger partial charge on any atom is -0.381 e. The maximum absolute atomic E-state index is 10.9. The summed E-state index contributed by atoms with van der Waals surface area (Å²) in [6.45, 7) is 3.38. The third-order valence-corrected chi connectivity index (χ3v) is 2.14. The lowest BCUT2D eigenvalue weighted by atomic mass is 9.93. The molecule has 12 heavy (non-hydrogen) atoms. The number of carbonyl (C=O) groups is 1. The molecule has 1 aliphatic rings. The first-order valence-corrected chi connectivity index (χ1v) is 4.03. The van der Waals surface area contributed by atoms with Crippen LogP contribution in [0.5, 0.6) is 0 Å². The summed E-state index contributed by atoms with van der Waals surface area (Å²) in [6, 6.07) is -0.334.